The van der Waals surface area contributed by atoms with Gasteiger partial charge in [0.25, 0.3) is 0 Å². The molecule has 0 aromatic rings. The van der Waals surface area contributed by atoms with E-state index in [-0.39, 0.29) is 0 Å². The van der Waals surface area contributed by atoms with Crippen molar-refractivity contribution in [1.82, 2.24) is 5.32 Å². The van der Waals surface area contributed by atoms with E-state index in [0.717, 1.165) is 30.8 Å². The van der Waals surface area contributed by atoms with E-state index in [2.05, 4.69) is 11.9 Å². The van der Waals surface area contributed by atoms with Crippen LogP contribution in [0.25, 0.3) is 0 Å². The molecule has 0 saturated heterocycles. The van der Waals surface area contributed by atoms with Crippen molar-refractivity contribution in [3.63, 3.8) is 0 Å². The molecule has 0 aliphatic heterocycles. The van der Waals surface area contributed by atoms with Gasteiger partial charge >= 0.3 is 0 Å². The van der Waals surface area contributed by atoms with Gasteiger partial charge in [0.1, 0.15) is 0 Å². The average molecular weight is 207 g/mol. The lowest BCUT2D eigenvalue weighted by molar-refractivity contribution is 0.144. The van der Waals surface area contributed by atoms with Crippen LogP contribution >= 0.6 is 0 Å². The second kappa shape index (κ2) is 5.69. The smallest absolute Gasteiger partial charge is 0.00700 e. The molecule has 0 radical (unpaired) electrons. The fraction of sp³-hybridized carbons (Fsp3) is 0.857. The summed E-state index contributed by atoms with van der Waals surface area (Å²) in [5.41, 5.74) is 0. The van der Waals surface area contributed by atoms with Crippen LogP contribution in [0, 0.1) is 11.8 Å². The van der Waals surface area contributed by atoms with Gasteiger partial charge in [-0.2, -0.15) is 0 Å². The summed E-state index contributed by atoms with van der Waals surface area (Å²) in [6.07, 6.45) is 13.5. The van der Waals surface area contributed by atoms with Crippen molar-refractivity contribution in [3.05, 3.63) is 12.7 Å². The number of nitrogens with one attached hydrogen (secondary N) is 1. The molecule has 1 N–H and O–H groups in total. The van der Waals surface area contributed by atoms with Crippen LogP contribution in [0.3, 0.4) is 0 Å². The summed E-state index contributed by atoms with van der Waals surface area (Å²) in [7, 11) is 0. The summed E-state index contributed by atoms with van der Waals surface area (Å²) in [6, 6.07) is 0.810. The Morgan fingerprint density at radius 2 is 1.87 bits per heavy atom. The van der Waals surface area contributed by atoms with Crippen molar-refractivity contribution in [2.45, 2.75) is 57.4 Å². The van der Waals surface area contributed by atoms with Crippen molar-refractivity contribution in [2.75, 3.05) is 6.54 Å². The lowest BCUT2D eigenvalue weighted by Crippen LogP contribution is -2.39. The van der Waals surface area contributed by atoms with E-state index in [9.17, 15) is 0 Å². The largest absolute Gasteiger partial charge is 0.314 e. The van der Waals surface area contributed by atoms with Crippen LogP contribution in [0.15, 0.2) is 12.7 Å². The lowest BCUT2D eigenvalue weighted by Gasteiger charge is -2.39. The molecule has 2 saturated carbocycles. The third-order valence-corrected chi connectivity index (χ3v) is 4.32. The predicted molar refractivity (Wildman–Crippen MR) is 65.9 cm³/mol. The molecule has 1 heteroatoms. The molecule has 0 aromatic heterocycles. The van der Waals surface area contributed by atoms with Gasteiger partial charge < -0.3 is 5.32 Å². The van der Waals surface area contributed by atoms with Gasteiger partial charge in [0.15, 0.2) is 0 Å². The molecule has 86 valence electrons. The highest BCUT2D eigenvalue weighted by Crippen LogP contribution is 2.40. The molecule has 2 aliphatic carbocycles. The van der Waals surface area contributed by atoms with Crippen LogP contribution in [-0.2, 0) is 0 Å². The highest BCUT2D eigenvalue weighted by atomic mass is 14.9. The normalized spacial score (nSPS) is 35.9. The molecule has 15 heavy (non-hydrogen) atoms. The van der Waals surface area contributed by atoms with E-state index in [1.807, 2.05) is 6.08 Å². The first-order valence-electron chi connectivity index (χ1n) is 6.74. The van der Waals surface area contributed by atoms with Crippen molar-refractivity contribution < 1.29 is 0 Å². The highest BCUT2D eigenvalue weighted by molar-refractivity contribution is 4.86. The fourth-order valence-corrected chi connectivity index (χ4v) is 3.45. The number of hydrogen-bond donors (Lipinski definition) is 1. The summed E-state index contributed by atoms with van der Waals surface area (Å²) in [5.74, 6) is 2.13. The topological polar surface area (TPSA) is 12.0 Å². The zero-order valence-corrected chi connectivity index (χ0v) is 9.88. The zero-order valence-electron chi connectivity index (χ0n) is 9.88. The monoisotopic (exact) mass is 207 g/mol. The van der Waals surface area contributed by atoms with E-state index < -0.39 is 0 Å². The first-order chi connectivity index (χ1) is 7.40. The molecule has 0 aromatic carbocycles. The van der Waals surface area contributed by atoms with Crippen LogP contribution in [0.4, 0.5) is 0 Å². The van der Waals surface area contributed by atoms with Gasteiger partial charge in [-0.3, -0.25) is 0 Å². The Labute approximate surface area is 94.3 Å². The maximum absolute atomic E-state index is 3.77. The molecule has 0 bridgehead atoms. The Hall–Kier alpha value is -0.300. The molecule has 1 nitrogen and oxygen atoms in total. The summed E-state index contributed by atoms with van der Waals surface area (Å²) in [4.78, 5) is 0. The standard InChI is InChI=1S/C14H25N/c1-2-3-10-15-14-9-8-12-6-4-5-7-13(12)11-14/h2,12-15H,1,3-11H2. The molecular formula is C14H25N. The van der Waals surface area contributed by atoms with E-state index in [1.54, 1.807) is 0 Å². The molecule has 3 unspecified atom stereocenters. The zero-order chi connectivity index (χ0) is 10.5. The van der Waals surface area contributed by atoms with Crippen molar-refractivity contribution in [1.29, 1.82) is 0 Å². The molecule has 3 atom stereocenters. The van der Waals surface area contributed by atoms with Gasteiger partial charge in [-0.05, 0) is 44.1 Å². The molecule has 0 heterocycles. The van der Waals surface area contributed by atoms with E-state index in [0.29, 0.717) is 0 Å². The minimum Gasteiger partial charge on any atom is -0.314 e. The molecule has 2 aliphatic rings. The van der Waals surface area contributed by atoms with Gasteiger partial charge in [-0.1, -0.05) is 31.8 Å². The SMILES string of the molecule is C=CCCNC1CCC2CCCCC2C1. The molecule has 2 rings (SSSR count). The van der Waals surface area contributed by atoms with Crippen LogP contribution in [0.2, 0.25) is 0 Å². The second-order valence-electron chi connectivity index (χ2n) is 5.35. The Kier molecular flexibility index (Phi) is 4.25. The van der Waals surface area contributed by atoms with Gasteiger partial charge in [-0.15, -0.1) is 6.58 Å². The van der Waals surface area contributed by atoms with Crippen molar-refractivity contribution in [3.8, 4) is 0 Å². The highest BCUT2D eigenvalue weighted by Gasteiger charge is 2.31. The van der Waals surface area contributed by atoms with Crippen LogP contribution in [0.1, 0.15) is 51.4 Å². The molecule has 0 amide bonds. The first-order valence-corrected chi connectivity index (χ1v) is 6.74. The maximum Gasteiger partial charge on any atom is 0.00700 e. The van der Waals surface area contributed by atoms with Gasteiger partial charge in [0, 0.05) is 6.04 Å². The Bertz CT molecular complexity index is 200. The summed E-state index contributed by atoms with van der Waals surface area (Å²) in [6.45, 7) is 4.90. The second-order valence-corrected chi connectivity index (χ2v) is 5.35. The molecule has 0 spiro atoms. The minimum atomic E-state index is 0.810. The third-order valence-electron chi connectivity index (χ3n) is 4.32. The Balaban J connectivity index is 1.73. The van der Waals surface area contributed by atoms with Gasteiger partial charge in [-0.25, -0.2) is 0 Å². The predicted octanol–water partition coefficient (Wildman–Crippen LogP) is 3.51. The third kappa shape index (κ3) is 3.07. The number of fused-ring (bicyclic) bond motifs is 1. The summed E-state index contributed by atoms with van der Waals surface area (Å²) >= 11 is 0. The fourth-order valence-electron chi connectivity index (χ4n) is 3.45. The molecule has 2 fully saturated rings. The van der Waals surface area contributed by atoms with Crippen LogP contribution in [0.5, 0.6) is 0 Å². The van der Waals surface area contributed by atoms with Gasteiger partial charge in [0.05, 0.1) is 0 Å². The van der Waals surface area contributed by atoms with E-state index in [1.165, 1.54) is 44.9 Å². The Morgan fingerprint density at radius 1 is 1.07 bits per heavy atom. The van der Waals surface area contributed by atoms with Crippen LogP contribution < -0.4 is 5.32 Å². The quantitative estimate of drug-likeness (QED) is 0.549. The Morgan fingerprint density at radius 3 is 2.67 bits per heavy atom. The van der Waals surface area contributed by atoms with Crippen molar-refractivity contribution in [2.24, 2.45) is 11.8 Å². The average Bonchev–Trinajstić information content (AvgIpc) is 2.29. The summed E-state index contributed by atoms with van der Waals surface area (Å²) in [5, 5.41) is 3.68. The maximum atomic E-state index is 3.77. The molecular weight excluding hydrogens is 182 g/mol. The van der Waals surface area contributed by atoms with E-state index >= 15 is 0 Å². The number of hydrogen-bond acceptors (Lipinski definition) is 1. The first kappa shape index (κ1) is 11.2. The van der Waals surface area contributed by atoms with Crippen LogP contribution in [-0.4, -0.2) is 12.6 Å². The van der Waals surface area contributed by atoms with Gasteiger partial charge in [0.2, 0.25) is 0 Å². The minimum absolute atomic E-state index is 0.810. The van der Waals surface area contributed by atoms with E-state index in [4.69, 9.17) is 0 Å². The number of rotatable bonds is 4. The van der Waals surface area contributed by atoms with Crippen molar-refractivity contribution >= 4 is 0 Å². The lowest BCUT2D eigenvalue weighted by atomic mass is 9.69. The summed E-state index contributed by atoms with van der Waals surface area (Å²) < 4.78 is 0.